The fourth-order valence-electron chi connectivity index (χ4n) is 1.69. The molecule has 18 heavy (non-hydrogen) atoms. The SMILES string of the molecule is CCC(CCCCOC(C)(C)C)COC(C)(C)C. The molecule has 1 atom stereocenters. The lowest BCUT2D eigenvalue weighted by atomic mass is 10.00. The van der Waals surface area contributed by atoms with Crippen molar-refractivity contribution in [2.45, 2.75) is 85.4 Å². The van der Waals surface area contributed by atoms with Crippen LogP contribution in [-0.2, 0) is 9.47 Å². The lowest BCUT2D eigenvalue weighted by Crippen LogP contribution is -2.23. The van der Waals surface area contributed by atoms with Crippen molar-refractivity contribution in [3.8, 4) is 0 Å². The first-order chi connectivity index (χ1) is 8.14. The van der Waals surface area contributed by atoms with Crippen molar-refractivity contribution in [1.82, 2.24) is 0 Å². The molecule has 2 heteroatoms. The minimum Gasteiger partial charge on any atom is -0.376 e. The van der Waals surface area contributed by atoms with Crippen molar-refractivity contribution in [2.24, 2.45) is 5.92 Å². The Kier molecular flexibility index (Phi) is 8.13. The van der Waals surface area contributed by atoms with Gasteiger partial charge < -0.3 is 9.47 Å². The first kappa shape index (κ1) is 17.9. The van der Waals surface area contributed by atoms with Crippen LogP contribution in [0.5, 0.6) is 0 Å². The Balaban J connectivity index is 3.62. The van der Waals surface area contributed by atoms with Gasteiger partial charge in [-0.1, -0.05) is 19.8 Å². The van der Waals surface area contributed by atoms with E-state index >= 15 is 0 Å². The van der Waals surface area contributed by atoms with E-state index in [1.807, 2.05) is 0 Å². The van der Waals surface area contributed by atoms with Crippen molar-refractivity contribution in [1.29, 1.82) is 0 Å². The highest BCUT2D eigenvalue weighted by atomic mass is 16.5. The fraction of sp³-hybridized carbons (Fsp3) is 1.00. The Morgan fingerprint density at radius 3 is 1.83 bits per heavy atom. The van der Waals surface area contributed by atoms with Crippen LogP contribution in [0, 0.1) is 5.92 Å². The van der Waals surface area contributed by atoms with Crippen LogP contribution < -0.4 is 0 Å². The molecule has 0 saturated carbocycles. The number of ether oxygens (including phenoxy) is 2. The molecule has 0 heterocycles. The third kappa shape index (κ3) is 12.4. The van der Waals surface area contributed by atoms with Crippen LogP contribution in [0.1, 0.15) is 74.1 Å². The second kappa shape index (κ2) is 8.16. The van der Waals surface area contributed by atoms with Gasteiger partial charge in [0.05, 0.1) is 17.8 Å². The molecular formula is C16H34O2. The zero-order valence-electron chi connectivity index (χ0n) is 13.6. The molecule has 0 aromatic heterocycles. The fourth-order valence-corrected chi connectivity index (χ4v) is 1.69. The maximum atomic E-state index is 5.86. The molecule has 0 N–H and O–H groups in total. The minimum atomic E-state index is -0.0111. The smallest absolute Gasteiger partial charge is 0.0598 e. The van der Waals surface area contributed by atoms with E-state index in [0.717, 1.165) is 19.6 Å². The van der Waals surface area contributed by atoms with E-state index < -0.39 is 0 Å². The summed E-state index contributed by atoms with van der Waals surface area (Å²) in [4.78, 5) is 0. The third-order valence-electron chi connectivity index (χ3n) is 2.87. The monoisotopic (exact) mass is 258 g/mol. The van der Waals surface area contributed by atoms with Crippen LogP contribution in [0.3, 0.4) is 0 Å². The Morgan fingerprint density at radius 2 is 1.39 bits per heavy atom. The van der Waals surface area contributed by atoms with Crippen LogP contribution in [-0.4, -0.2) is 24.4 Å². The topological polar surface area (TPSA) is 18.5 Å². The van der Waals surface area contributed by atoms with Gasteiger partial charge in [0, 0.05) is 6.61 Å². The van der Waals surface area contributed by atoms with Gasteiger partial charge in [-0.3, -0.25) is 0 Å². The van der Waals surface area contributed by atoms with Gasteiger partial charge in [-0.25, -0.2) is 0 Å². The summed E-state index contributed by atoms with van der Waals surface area (Å²) in [5.74, 6) is 0.693. The maximum Gasteiger partial charge on any atom is 0.0598 e. The van der Waals surface area contributed by atoms with Gasteiger partial charge >= 0.3 is 0 Å². The molecule has 0 rings (SSSR count). The van der Waals surface area contributed by atoms with Crippen LogP contribution in [0.2, 0.25) is 0 Å². The Hall–Kier alpha value is -0.0800. The summed E-state index contributed by atoms with van der Waals surface area (Å²) < 4.78 is 11.6. The first-order valence-corrected chi connectivity index (χ1v) is 7.42. The van der Waals surface area contributed by atoms with E-state index in [1.165, 1.54) is 19.3 Å². The first-order valence-electron chi connectivity index (χ1n) is 7.42. The number of hydrogen-bond donors (Lipinski definition) is 0. The molecule has 2 nitrogen and oxygen atoms in total. The normalized spacial score (nSPS) is 14.8. The molecule has 0 bridgehead atoms. The molecule has 1 unspecified atom stereocenters. The van der Waals surface area contributed by atoms with Gasteiger partial charge in [-0.2, -0.15) is 0 Å². The van der Waals surface area contributed by atoms with Crippen molar-refractivity contribution in [2.75, 3.05) is 13.2 Å². The van der Waals surface area contributed by atoms with Gasteiger partial charge in [0.1, 0.15) is 0 Å². The summed E-state index contributed by atoms with van der Waals surface area (Å²) in [6.07, 6.45) is 4.85. The lowest BCUT2D eigenvalue weighted by molar-refractivity contribution is -0.0264. The predicted molar refractivity (Wildman–Crippen MR) is 79.0 cm³/mol. The Labute approximate surface area is 114 Å². The van der Waals surface area contributed by atoms with Gasteiger partial charge in [-0.05, 0) is 60.3 Å². The summed E-state index contributed by atoms with van der Waals surface area (Å²) in [5, 5.41) is 0. The largest absolute Gasteiger partial charge is 0.376 e. The van der Waals surface area contributed by atoms with Gasteiger partial charge in [0.15, 0.2) is 0 Å². The van der Waals surface area contributed by atoms with Crippen LogP contribution in [0.25, 0.3) is 0 Å². The van der Waals surface area contributed by atoms with Crippen LogP contribution in [0.4, 0.5) is 0 Å². The van der Waals surface area contributed by atoms with Crippen LogP contribution in [0.15, 0.2) is 0 Å². The standard InChI is InChI=1S/C16H34O2/c1-8-14(13-18-16(5,6)7)11-9-10-12-17-15(2,3)4/h14H,8-13H2,1-7H3. The Bertz CT molecular complexity index is 198. The second-order valence-corrected chi connectivity index (χ2v) is 7.15. The van der Waals surface area contributed by atoms with Crippen molar-refractivity contribution >= 4 is 0 Å². The molecule has 0 radical (unpaired) electrons. The molecular weight excluding hydrogens is 224 g/mol. The number of unbranched alkanes of at least 4 members (excludes halogenated alkanes) is 1. The van der Waals surface area contributed by atoms with Crippen molar-refractivity contribution in [3.63, 3.8) is 0 Å². The quantitative estimate of drug-likeness (QED) is 0.581. The number of rotatable bonds is 8. The van der Waals surface area contributed by atoms with E-state index in [-0.39, 0.29) is 11.2 Å². The molecule has 0 aromatic rings. The van der Waals surface area contributed by atoms with E-state index in [2.05, 4.69) is 48.5 Å². The average molecular weight is 258 g/mol. The van der Waals surface area contributed by atoms with E-state index in [1.54, 1.807) is 0 Å². The average Bonchev–Trinajstić information content (AvgIpc) is 2.19. The summed E-state index contributed by atoms with van der Waals surface area (Å²) in [6.45, 7) is 16.7. The Morgan fingerprint density at radius 1 is 0.833 bits per heavy atom. The minimum absolute atomic E-state index is 0.000492. The van der Waals surface area contributed by atoms with Gasteiger partial charge in [0.25, 0.3) is 0 Å². The highest BCUT2D eigenvalue weighted by Gasteiger charge is 2.14. The molecule has 110 valence electrons. The van der Waals surface area contributed by atoms with E-state index in [0.29, 0.717) is 5.92 Å². The molecule has 0 saturated heterocycles. The summed E-state index contributed by atoms with van der Waals surface area (Å²) in [5.41, 5.74) is -0.0116. The highest BCUT2D eigenvalue weighted by molar-refractivity contribution is 4.63. The summed E-state index contributed by atoms with van der Waals surface area (Å²) >= 11 is 0. The van der Waals surface area contributed by atoms with Crippen LogP contribution >= 0.6 is 0 Å². The molecule has 0 aliphatic carbocycles. The maximum absolute atomic E-state index is 5.86. The summed E-state index contributed by atoms with van der Waals surface area (Å²) in [6, 6.07) is 0. The van der Waals surface area contributed by atoms with Gasteiger partial charge in [0.2, 0.25) is 0 Å². The molecule has 0 aliphatic heterocycles. The summed E-state index contributed by atoms with van der Waals surface area (Å²) in [7, 11) is 0. The molecule has 0 fully saturated rings. The predicted octanol–water partition coefficient (Wildman–Crippen LogP) is 4.81. The zero-order chi connectivity index (χ0) is 14.2. The van der Waals surface area contributed by atoms with Gasteiger partial charge in [-0.15, -0.1) is 0 Å². The van der Waals surface area contributed by atoms with Crippen molar-refractivity contribution < 1.29 is 9.47 Å². The zero-order valence-corrected chi connectivity index (χ0v) is 13.6. The highest BCUT2D eigenvalue weighted by Crippen LogP contribution is 2.17. The molecule has 0 aromatic carbocycles. The third-order valence-corrected chi connectivity index (χ3v) is 2.87. The van der Waals surface area contributed by atoms with E-state index in [9.17, 15) is 0 Å². The molecule has 0 aliphatic rings. The molecule has 0 spiro atoms. The van der Waals surface area contributed by atoms with Crippen molar-refractivity contribution in [3.05, 3.63) is 0 Å². The second-order valence-electron chi connectivity index (χ2n) is 7.15. The lowest BCUT2D eigenvalue weighted by Gasteiger charge is -2.24. The number of hydrogen-bond acceptors (Lipinski definition) is 2. The molecule has 0 amide bonds. The van der Waals surface area contributed by atoms with E-state index in [4.69, 9.17) is 9.47 Å².